The van der Waals surface area contributed by atoms with Gasteiger partial charge in [-0.05, 0) is 35.1 Å². The minimum atomic E-state index is -2.86. The van der Waals surface area contributed by atoms with Crippen LogP contribution in [0.15, 0.2) is 0 Å². The van der Waals surface area contributed by atoms with Crippen molar-refractivity contribution < 1.29 is 8.78 Å². The zero-order chi connectivity index (χ0) is 12.1. The number of rotatable bonds is 2. The first-order valence-electron chi connectivity index (χ1n) is 4.79. The molecule has 0 aromatic rings. The summed E-state index contributed by atoms with van der Waals surface area (Å²) in [6.07, 6.45) is -0.382. The number of nitriles is 1. The molecule has 5 heteroatoms. The number of alkyl halides is 2. The Bertz CT molecular complexity index is 298. The van der Waals surface area contributed by atoms with Gasteiger partial charge in [0.2, 0.25) is 0 Å². The summed E-state index contributed by atoms with van der Waals surface area (Å²) >= 11 is 0. The number of hydrogen-bond acceptors (Lipinski definition) is 3. The molecular formula is C10H17F2N3. The minimum absolute atomic E-state index is 0.382. The van der Waals surface area contributed by atoms with Gasteiger partial charge in [0, 0.05) is 6.42 Å². The smallest absolute Gasteiger partial charge is 0.282 e. The normalized spacial score (nSPS) is 32.5. The summed E-state index contributed by atoms with van der Waals surface area (Å²) in [5.41, 5.74) is -2.54. The Hall–Kier alpha value is -0.730. The number of halogens is 2. The van der Waals surface area contributed by atoms with Crippen LogP contribution in [-0.2, 0) is 0 Å². The Morgan fingerprint density at radius 1 is 1.13 bits per heavy atom. The Labute approximate surface area is 89.3 Å². The molecule has 0 spiro atoms. The summed E-state index contributed by atoms with van der Waals surface area (Å²) in [6.45, 7) is 1.59. The lowest BCUT2D eigenvalue weighted by Crippen LogP contribution is -2.81. The quantitative estimate of drug-likeness (QED) is 0.654. The van der Waals surface area contributed by atoms with Crippen molar-refractivity contribution in [2.75, 3.05) is 28.2 Å². The third-order valence-electron chi connectivity index (χ3n) is 3.40. The van der Waals surface area contributed by atoms with Crippen molar-refractivity contribution in [1.82, 2.24) is 9.80 Å². The fraction of sp³-hybridized carbons (Fsp3) is 0.900. The summed E-state index contributed by atoms with van der Waals surface area (Å²) in [4.78, 5) is 2.89. The van der Waals surface area contributed by atoms with E-state index < -0.39 is 17.0 Å². The van der Waals surface area contributed by atoms with Gasteiger partial charge in [-0.15, -0.1) is 0 Å². The van der Waals surface area contributed by atoms with Crippen LogP contribution >= 0.6 is 0 Å². The van der Waals surface area contributed by atoms with Crippen molar-refractivity contribution in [2.45, 2.75) is 24.9 Å². The van der Waals surface area contributed by atoms with E-state index in [0.717, 1.165) is 0 Å². The number of hydrogen-bond donors (Lipinski definition) is 0. The summed E-state index contributed by atoms with van der Waals surface area (Å²) < 4.78 is 27.6. The van der Waals surface area contributed by atoms with E-state index in [2.05, 4.69) is 0 Å². The van der Waals surface area contributed by atoms with E-state index in [1.807, 2.05) is 6.07 Å². The van der Waals surface area contributed by atoms with E-state index in [1.165, 1.54) is 9.80 Å². The van der Waals surface area contributed by atoms with Crippen LogP contribution in [0.4, 0.5) is 8.78 Å². The summed E-state index contributed by atoms with van der Waals surface area (Å²) in [7, 11) is 6.34. The molecule has 3 nitrogen and oxygen atoms in total. The summed E-state index contributed by atoms with van der Waals surface area (Å²) in [5, 5.41) is 9.07. The average Bonchev–Trinajstić information content (AvgIpc) is 2.00. The van der Waals surface area contributed by atoms with E-state index in [1.54, 1.807) is 35.1 Å². The fourth-order valence-corrected chi connectivity index (χ4v) is 3.15. The average molecular weight is 217 g/mol. The predicted molar refractivity (Wildman–Crippen MR) is 53.4 cm³/mol. The Morgan fingerprint density at radius 2 is 1.53 bits per heavy atom. The molecule has 0 N–H and O–H groups in total. The molecule has 0 radical (unpaired) electrons. The highest BCUT2D eigenvalue weighted by molar-refractivity contribution is 5.27. The lowest BCUT2D eigenvalue weighted by Gasteiger charge is -2.64. The molecule has 1 saturated carbocycles. The molecule has 15 heavy (non-hydrogen) atoms. The Morgan fingerprint density at radius 3 is 1.67 bits per heavy atom. The van der Waals surface area contributed by atoms with E-state index >= 15 is 0 Å². The highest BCUT2D eigenvalue weighted by Crippen LogP contribution is 2.62. The van der Waals surface area contributed by atoms with E-state index in [9.17, 15) is 8.78 Å². The van der Waals surface area contributed by atoms with E-state index in [4.69, 9.17) is 5.26 Å². The molecule has 0 aromatic carbocycles. The molecule has 0 heterocycles. The van der Waals surface area contributed by atoms with Crippen LogP contribution in [0.2, 0.25) is 0 Å². The first-order valence-corrected chi connectivity index (χ1v) is 4.79. The molecule has 0 aromatic heterocycles. The maximum Gasteiger partial charge on any atom is 0.282 e. The van der Waals surface area contributed by atoms with Crippen molar-refractivity contribution in [3.8, 4) is 6.07 Å². The van der Waals surface area contributed by atoms with Crippen LogP contribution in [0, 0.1) is 16.7 Å². The van der Waals surface area contributed by atoms with Crippen molar-refractivity contribution >= 4 is 0 Å². The molecule has 1 unspecified atom stereocenters. The molecule has 0 bridgehead atoms. The maximum atomic E-state index is 13.8. The van der Waals surface area contributed by atoms with Gasteiger partial charge in [-0.1, -0.05) is 0 Å². The lowest BCUT2D eigenvalue weighted by atomic mass is 9.57. The third kappa shape index (κ3) is 1.15. The van der Waals surface area contributed by atoms with Gasteiger partial charge >= 0.3 is 0 Å². The molecule has 1 rings (SSSR count). The molecule has 1 aliphatic carbocycles. The van der Waals surface area contributed by atoms with Gasteiger partial charge in [-0.3, -0.25) is 9.80 Å². The van der Waals surface area contributed by atoms with Crippen LogP contribution in [0.5, 0.6) is 0 Å². The van der Waals surface area contributed by atoms with Gasteiger partial charge in [-0.25, -0.2) is 8.78 Å². The van der Waals surface area contributed by atoms with Crippen molar-refractivity contribution in [3.63, 3.8) is 0 Å². The molecule has 1 atom stereocenters. The Kier molecular flexibility index (Phi) is 2.57. The van der Waals surface area contributed by atoms with Gasteiger partial charge < -0.3 is 0 Å². The SMILES string of the molecule is CN(C)C1(N(C)C)C(F)(F)CC1(C)C#N. The second-order valence-corrected chi connectivity index (χ2v) is 4.79. The summed E-state index contributed by atoms with van der Waals surface area (Å²) in [5.74, 6) is -2.86. The van der Waals surface area contributed by atoms with Crippen molar-refractivity contribution in [3.05, 3.63) is 0 Å². The Balaban J connectivity index is 3.30. The van der Waals surface area contributed by atoms with Crippen LogP contribution in [0.1, 0.15) is 13.3 Å². The highest BCUT2D eigenvalue weighted by Gasteiger charge is 2.78. The van der Waals surface area contributed by atoms with Crippen LogP contribution < -0.4 is 0 Å². The monoisotopic (exact) mass is 217 g/mol. The molecule has 0 amide bonds. The van der Waals surface area contributed by atoms with Crippen LogP contribution in [-0.4, -0.2) is 49.6 Å². The molecule has 86 valence electrons. The van der Waals surface area contributed by atoms with Gasteiger partial charge in [0.1, 0.15) is 0 Å². The van der Waals surface area contributed by atoms with Gasteiger partial charge in [-0.2, -0.15) is 5.26 Å². The third-order valence-corrected chi connectivity index (χ3v) is 3.40. The van der Waals surface area contributed by atoms with Gasteiger partial charge in [0.15, 0.2) is 5.66 Å². The zero-order valence-corrected chi connectivity index (χ0v) is 9.80. The molecular weight excluding hydrogens is 200 g/mol. The van der Waals surface area contributed by atoms with Crippen molar-refractivity contribution in [2.24, 2.45) is 5.41 Å². The largest absolute Gasteiger partial charge is 0.285 e. The first-order chi connectivity index (χ1) is 6.65. The second-order valence-electron chi connectivity index (χ2n) is 4.79. The van der Waals surface area contributed by atoms with Crippen LogP contribution in [0.3, 0.4) is 0 Å². The minimum Gasteiger partial charge on any atom is -0.285 e. The topological polar surface area (TPSA) is 30.3 Å². The molecule has 1 fully saturated rings. The van der Waals surface area contributed by atoms with Gasteiger partial charge in [0.25, 0.3) is 5.92 Å². The second kappa shape index (κ2) is 3.13. The molecule has 0 saturated heterocycles. The van der Waals surface area contributed by atoms with Gasteiger partial charge in [0.05, 0.1) is 11.5 Å². The van der Waals surface area contributed by atoms with E-state index in [0.29, 0.717) is 0 Å². The van der Waals surface area contributed by atoms with Crippen LogP contribution in [0.25, 0.3) is 0 Å². The first kappa shape index (κ1) is 12.3. The zero-order valence-electron chi connectivity index (χ0n) is 9.80. The standard InChI is InChI=1S/C10H17F2N3/c1-8(7-13)6-9(11,12)10(8,14(2)3)15(4)5/h6H2,1-5H3. The number of nitrogens with zero attached hydrogens (tertiary/aromatic N) is 3. The highest BCUT2D eigenvalue weighted by atomic mass is 19.3. The molecule has 1 aliphatic rings. The lowest BCUT2D eigenvalue weighted by molar-refractivity contribution is -0.318. The summed E-state index contributed by atoms with van der Waals surface area (Å²) in [6, 6.07) is 2.02. The van der Waals surface area contributed by atoms with E-state index in [-0.39, 0.29) is 6.42 Å². The van der Waals surface area contributed by atoms with Crippen molar-refractivity contribution in [1.29, 1.82) is 5.26 Å². The molecule has 0 aliphatic heterocycles. The predicted octanol–water partition coefficient (Wildman–Crippen LogP) is 1.37. The maximum absolute atomic E-state index is 13.8. The fourth-order valence-electron chi connectivity index (χ4n) is 3.15.